The van der Waals surface area contributed by atoms with Crippen molar-refractivity contribution in [3.8, 4) is 0 Å². The van der Waals surface area contributed by atoms with Gasteiger partial charge in [-0.2, -0.15) is 0 Å². The van der Waals surface area contributed by atoms with Crippen molar-refractivity contribution in [2.45, 2.75) is 33.1 Å². The molecule has 0 aliphatic heterocycles. The zero-order chi connectivity index (χ0) is 15.4. The van der Waals surface area contributed by atoms with Gasteiger partial charge < -0.3 is 11.1 Å². The first kappa shape index (κ1) is 17.8. The normalized spacial score (nSPS) is 13.0. The number of rotatable bonds is 9. The van der Waals surface area contributed by atoms with Gasteiger partial charge in [0.25, 0.3) is 0 Å². The summed E-state index contributed by atoms with van der Waals surface area (Å²) in [5.41, 5.74) is 7.10. The van der Waals surface area contributed by atoms with Crippen LogP contribution < -0.4 is 11.1 Å². The Morgan fingerprint density at radius 2 is 2.10 bits per heavy atom. The summed E-state index contributed by atoms with van der Waals surface area (Å²) in [6.45, 7) is 11.3. The largest absolute Gasteiger partial charge is 0.384 e. The number of aliphatic imine (C=N–C) groups is 2. The maximum absolute atomic E-state index is 11.6. The molecular formula is C15H24N4O. The first-order chi connectivity index (χ1) is 9.53. The van der Waals surface area contributed by atoms with E-state index >= 15 is 0 Å². The molecule has 0 saturated carbocycles. The second-order valence-corrected chi connectivity index (χ2v) is 4.20. The summed E-state index contributed by atoms with van der Waals surface area (Å²) in [7, 11) is 0. The summed E-state index contributed by atoms with van der Waals surface area (Å²) in [5, 5.41) is 2.77. The van der Waals surface area contributed by atoms with E-state index in [1.807, 2.05) is 6.92 Å². The molecule has 0 unspecified atom stereocenters. The maximum atomic E-state index is 11.6. The van der Waals surface area contributed by atoms with Crippen LogP contribution in [0.15, 0.2) is 46.2 Å². The van der Waals surface area contributed by atoms with E-state index in [0.717, 1.165) is 24.2 Å². The van der Waals surface area contributed by atoms with Crippen molar-refractivity contribution in [3.63, 3.8) is 0 Å². The van der Waals surface area contributed by atoms with Crippen LogP contribution in [0.25, 0.3) is 0 Å². The van der Waals surface area contributed by atoms with Gasteiger partial charge >= 0.3 is 0 Å². The van der Waals surface area contributed by atoms with Crippen molar-refractivity contribution in [2.24, 2.45) is 15.7 Å². The van der Waals surface area contributed by atoms with Gasteiger partial charge in [-0.25, -0.2) is 4.99 Å². The van der Waals surface area contributed by atoms with Crippen molar-refractivity contribution in [1.82, 2.24) is 5.32 Å². The van der Waals surface area contributed by atoms with Gasteiger partial charge in [0.15, 0.2) is 0 Å². The molecule has 5 heteroatoms. The van der Waals surface area contributed by atoms with Gasteiger partial charge in [0.2, 0.25) is 5.91 Å². The number of nitrogens with zero attached hydrogens (tertiary/aromatic N) is 2. The van der Waals surface area contributed by atoms with Crippen LogP contribution in [-0.2, 0) is 4.79 Å². The van der Waals surface area contributed by atoms with Crippen LogP contribution in [0.1, 0.15) is 33.1 Å². The third-order valence-corrected chi connectivity index (χ3v) is 2.44. The van der Waals surface area contributed by atoms with E-state index in [0.29, 0.717) is 18.8 Å². The molecule has 0 aliphatic carbocycles. The monoisotopic (exact) mass is 276 g/mol. The third kappa shape index (κ3) is 8.85. The molecule has 0 aromatic rings. The number of nitrogens with one attached hydrogen (secondary N) is 1. The molecule has 0 radical (unpaired) electrons. The number of hydrogen-bond acceptors (Lipinski definition) is 3. The molecule has 110 valence electrons. The first-order valence-corrected chi connectivity index (χ1v) is 6.59. The molecule has 0 aromatic carbocycles. The molecule has 0 heterocycles. The minimum atomic E-state index is -0.0630. The fraction of sp³-hybridized carbons (Fsp3) is 0.400. The zero-order valence-corrected chi connectivity index (χ0v) is 12.4. The molecule has 0 aromatic heterocycles. The number of allylic oxidation sites excluding steroid dienone is 2. The Balaban J connectivity index is 4.21. The highest BCUT2D eigenvalue weighted by atomic mass is 16.1. The van der Waals surface area contributed by atoms with Crippen LogP contribution in [0.2, 0.25) is 0 Å². The van der Waals surface area contributed by atoms with Gasteiger partial charge in [-0.15, -0.1) is 0 Å². The number of amides is 1. The molecule has 0 saturated heterocycles. The average Bonchev–Trinajstić information content (AvgIpc) is 2.43. The van der Waals surface area contributed by atoms with E-state index in [-0.39, 0.29) is 5.91 Å². The van der Waals surface area contributed by atoms with E-state index in [9.17, 15) is 4.79 Å². The van der Waals surface area contributed by atoms with Crippen LogP contribution in [-0.4, -0.2) is 25.0 Å². The van der Waals surface area contributed by atoms with Gasteiger partial charge in [0.05, 0.1) is 0 Å². The number of carbonyl (C=O) groups excluding carboxylic acids is 1. The molecule has 5 nitrogen and oxygen atoms in total. The molecule has 0 atom stereocenters. The highest BCUT2D eigenvalue weighted by Crippen LogP contribution is 2.06. The Kier molecular flexibility index (Phi) is 9.56. The molecule has 0 spiro atoms. The Hall–Kier alpha value is -2.17. The second kappa shape index (κ2) is 10.7. The first-order valence-electron chi connectivity index (χ1n) is 6.59. The fourth-order valence-corrected chi connectivity index (χ4v) is 1.39. The topological polar surface area (TPSA) is 79.8 Å². The number of amidine groups is 1. The van der Waals surface area contributed by atoms with Gasteiger partial charge in [0, 0.05) is 24.4 Å². The van der Waals surface area contributed by atoms with Crippen LogP contribution in [0, 0.1) is 0 Å². The Morgan fingerprint density at radius 1 is 1.40 bits per heavy atom. The molecular weight excluding hydrogens is 252 g/mol. The molecule has 0 bridgehead atoms. The number of hydrogen-bond donors (Lipinski definition) is 2. The summed E-state index contributed by atoms with van der Waals surface area (Å²) in [4.78, 5) is 19.5. The van der Waals surface area contributed by atoms with Crippen LogP contribution in [0.5, 0.6) is 0 Å². The van der Waals surface area contributed by atoms with Gasteiger partial charge in [0.1, 0.15) is 5.84 Å². The molecule has 3 N–H and O–H groups in total. The van der Waals surface area contributed by atoms with E-state index in [1.54, 1.807) is 12.2 Å². The van der Waals surface area contributed by atoms with E-state index in [1.165, 1.54) is 6.08 Å². The number of nitrogens with two attached hydrogens (primary N) is 1. The van der Waals surface area contributed by atoms with Crippen LogP contribution in [0.4, 0.5) is 0 Å². The highest BCUT2D eigenvalue weighted by molar-refractivity contribution is 5.91. The Bertz CT molecular complexity index is 433. The van der Waals surface area contributed by atoms with Crippen molar-refractivity contribution < 1.29 is 4.79 Å². The summed E-state index contributed by atoms with van der Waals surface area (Å²) in [6, 6.07) is 0. The molecule has 0 rings (SSSR count). The maximum Gasteiger partial charge on any atom is 0.224 e. The predicted molar refractivity (Wildman–Crippen MR) is 85.7 cm³/mol. The molecule has 0 aliphatic rings. The minimum absolute atomic E-state index is 0.0630. The fourth-order valence-electron chi connectivity index (χ4n) is 1.39. The SMILES string of the molecule is C=C/C(N)=N\C(C)=C\CNC(=O)C/C=C(/CCC)N=C. The molecule has 0 fully saturated rings. The highest BCUT2D eigenvalue weighted by Gasteiger charge is 1.98. The van der Waals surface area contributed by atoms with Crippen LogP contribution >= 0.6 is 0 Å². The van der Waals surface area contributed by atoms with Crippen molar-refractivity contribution in [1.29, 1.82) is 0 Å². The Morgan fingerprint density at radius 3 is 2.65 bits per heavy atom. The molecule has 20 heavy (non-hydrogen) atoms. The lowest BCUT2D eigenvalue weighted by Crippen LogP contribution is -2.22. The minimum Gasteiger partial charge on any atom is -0.384 e. The van der Waals surface area contributed by atoms with Crippen molar-refractivity contribution in [2.75, 3.05) is 6.54 Å². The smallest absolute Gasteiger partial charge is 0.224 e. The Labute approximate surface area is 121 Å². The van der Waals surface area contributed by atoms with E-state index < -0.39 is 0 Å². The van der Waals surface area contributed by atoms with E-state index in [4.69, 9.17) is 5.73 Å². The lowest BCUT2D eigenvalue weighted by molar-refractivity contribution is -0.120. The molecule has 1 amide bonds. The quantitative estimate of drug-likeness (QED) is 0.500. The number of carbonyl (C=O) groups is 1. The average molecular weight is 276 g/mol. The lowest BCUT2D eigenvalue weighted by Gasteiger charge is -2.02. The van der Waals surface area contributed by atoms with E-state index in [2.05, 4.69) is 35.5 Å². The van der Waals surface area contributed by atoms with Gasteiger partial charge in [-0.3, -0.25) is 9.79 Å². The lowest BCUT2D eigenvalue weighted by atomic mass is 10.2. The predicted octanol–water partition coefficient (Wildman–Crippen LogP) is 2.32. The summed E-state index contributed by atoms with van der Waals surface area (Å²) in [5.74, 6) is 0.293. The van der Waals surface area contributed by atoms with Crippen molar-refractivity contribution >= 4 is 18.5 Å². The van der Waals surface area contributed by atoms with Gasteiger partial charge in [-0.1, -0.05) is 26.0 Å². The zero-order valence-electron chi connectivity index (χ0n) is 12.4. The van der Waals surface area contributed by atoms with Crippen LogP contribution in [0.3, 0.4) is 0 Å². The summed E-state index contributed by atoms with van der Waals surface area (Å²) >= 11 is 0. The summed E-state index contributed by atoms with van der Waals surface area (Å²) < 4.78 is 0. The standard InChI is InChI=1S/C15H24N4O/c1-5-7-13(17-4)8-9-15(20)18-11-10-12(3)19-14(16)6-2/h6,8,10H,2,4-5,7,9,11H2,1,3H3,(H2,16,19)(H,18,20)/b12-10+,13-8-. The third-order valence-electron chi connectivity index (χ3n) is 2.44. The summed E-state index contributed by atoms with van der Waals surface area (Å²) in [6.07, 6.45) is 7.19. The van der Waals surface area contributed by atoms with Gasteiger partial charge in [-0.05, 0) is 32.2 Å². The second-order valence-electron chi connectivity index (χ2n) is 4.20. The van der Waals surface area contributed by atoms with Crippen molar-refractivity contribution in [3.05, 3.63) is 36.2 Å².